The second-order valence-electron chi connectivity index (χ2n) is 5.29. The molecule has 0 saturated carbocycles. The Morgan fingerprint density at radius 1 is 1.00 bits per heavy atom. The predicted octanol–water partition coefficient (Wildman–Crippen LogP) is 3.11. The van der Waals surface area contributed by atoms with Crippen LogP contribution in [-0.2, 0) is 7.05 Å². The minimum absolute atomic E-state index is 0.177. The van der Waals surface area contributed by atoms with E-state index in [1.807, 2.05) is 51.6 Å². The molecule has 0 bridgehead atoms. The van der Waals surface area contributed by atoms with Crippen molar-refractivity contribution in [2.75, 3.05) is 5.73 Å². The summed E-state index contributed by atoms with van der Waals surface area (Å²) in [6, 6.07) is 7.05. The molecule has 0 aliphatic heterocycles. The Morgan fingerprint density at radius 2 is 1.76 bits per heavy atom. The molecule has 1 aromatic carbocycles. The highest BCUT2D eigenvalue weighted by atomic mass is 16.3. The maximum absolute atomic E-state index is 9.97. The van der Waals surface area contributed by atoms with Gasteiger partial charge >= 0.3 is 0 Å². The van der Waals surface area contributed by atoms with Crippen molar-refractivity contribution < 1.29 is 5.11 Å². The summed E-state index contributed by atoms with van der Waals surface area (Å²) in [5, 5.41) is 14.1. The first kappa shape index (κ1) is 16.5. The molecule has 0 aliphatic carbocycles. The van der Waals surface area contributed by atoms with Gasteiger partial charge < -0.3 is 10.8 Å². The number of phenols is 1. The zero-order chi connectivity index (χ0) is 18.0. The summed E-state index contributed by atoms with van der Waals surface area (Å²) in [6.07, 6.45) is 7.29. The van der Waals surface area contributed by atoms with Gasteiger partial charge in [0.25, 0.3) is 0 Å². The van der Waals surface area contributed by atoms with Crippen LogP contribution in [0.2, 0.25) is 0 Å². The summed E-state index contributed by atoms with van der Waals surface area (Å²) in [7, 11) is 1.85. The third-order valence-electron chi connectivity index (χ3n) is 3.67. The fourth-order valence-corrected chi connectivity index (χ4v) is 2.54. The van der Waals surface area contributed by atoms with Crippen LogP contribution in [-0.4, -0.2) is 29.3 Å². The Bertz CT molecular complexity index is 1020. The average molecular weight is 336 g/mol. The van der Waals surface area contributed by atoms with E-state index in [0.717, 1.165) is 11.1 Å². The first-order chi connectivity index (χ1) is 12.1. The zero-order valence-electron chi connectivity index (χ0n) is 14.4. The van der Waals surface area contributed by atoms with Gasteiger partial charge in [-0.3, -0.25) is 9.08 Å². The van der Waals surface area contributed by atoms with Gasteiger partial charge in [-0.05, 0) is 12.1 Å². The number of aromatic nitrogens is 5. The van der Waals surface area contributed by atoms with E-state index in [1.165, 1.54) is 0 Å². The van der Waals surface area contributed by atoms with E-state index in [-0.39, 0.29) is 5.75 Å². The number of aromatic hydroxyl groups is 1. The molecule has 4 aromatic rings. The third-order valence-corrected chi connectivity index (χ3v) is 3.67. The Hall–Kier alpha value is -3.35. The number of hydrogen-bond acceptors (Lipinski definition) is 5. The number of phenolic OH excluding ortho intramolecular Hbond substituents is 1. The van der Waals surface area contributed by atoms with Crippen LogP contribution in [0.15, 0.2) is 49.1 Å². The Kier molecular flexibility index (Phi) is 4.38. The summed E-state index contributed by atoms with van der Waals surface area (Å²) in [5.74, 6) is 1.05. The van der Waals surface area contributed by atoms with Crippen molar-refractivity contribution in [3.05, 3.63) is 49.1 Å². The van der Waals surface area contributed by atoms with E-state index in [4.69, 9.17) is 5.73 Å². The number of rotatable bonds is 2. The van der Waals surface area contributed by atoms with E-state index >= 15 is 0 Å². The molecular formula is C18H20N6O. The Labute approximate surface area is 145 Å². The summed E-state index contributed by atoms with van der Waals surface area (Å²) in [5.41, 5.74) is 9.01. The number of anilines is 1. The van der Waals surface area contributed by atoms with Gasteiger partial charge in [0.15, 0.2) is 0 Å². The lowest BCUT2D eigenvalue weighted by molar-refractivity contribution is 0.477. The largest absolute Gasteiger partial charge is 0.507 e. The van der Waals surface area contributed by atoms with Crippen molar-refractivity contribution >= 4 is 11.6 Å². The van der Waals surface area contributed by atoms with Gasteiger partial charge in [0, 0.05) is 42.3 Å². The van der Waals surface area contributed by atoms with Crippen LogP contribution in [0.4, 0.5) is 5.82 Å². The van der Waals surface area contributed by atoms with Crippen LogP contribution in [0.5, 0.6) is 5.75 Å². The molecule has 0 unspecified atom stereocenters. The average Bonchev–Trinajstić information content (AvgIpc) is 3.22. The summed E-state index contributed by atoms with van der Waals surface area (Å²) >= 11 is 0. The zero-order valence-corrected chi connectivity index (χ0v) is 14.4. The first-order valence-electron chi connectivity index (χ1n) is 8.04. The molecule has 3 N–H and O–H groups in total. The van der Waals surface area contributed by atoms with E-state index in [2.05, 4.69) is 15.1 Å². The molecule has 0 spiro atoms. The molecule has 0 saturated heterocycles. The third kappa shape index (κ3) is 3.03. The molecule has 0 atom stereocenters. The topological polar surface area (TPSA) is 94.3 Å². The molecule has 0 aliphatic rings. The maximum Gasteiger partial charge on any atom is 0.236 e. The standard InChI is InChI=1S/C16H14N6O.C2H6/c1-21-7-10(6-18-21)12-8-22-9-13(19-16(22)20-15(12)17)11-4-2-3-5-14(11)23;1-2/h2-9,23H,1H3,(H2,17,19,20);1-2H3. The fraction of sp³-hybridized carbons (Fsp3) is 0.167. The lowest BCUT2D eigenvalue weighted by atomic mass is 10.1. The van der Waals surface area contributed by atoms with Gasteiger partial charge in [-0.15, -0.1) is 0 Å². The molecule has 7 nitrogen and oxygen atoms in total. The monoisotopic (exact) mass is 336 g/mol. The predicted molar refractivity (Wildman–Crippen MR) is 98.1 cm³/mol. The molecule has 3 heterocycles. The molecule has 0 radical (unpaired) electrons. The number of imidazole rings is 1. The molecule has 4 rings (SSSR count). The van der Waals surface area contributed by atoms with E-state index in [9.17, 15) is 5.11 Å². The highest BCUT2D eigenvalue weighted by Crippen LogP contribution is 2.29. The number of hydrogen-bond donors (Lipinski definition) is 2. The minimum Gasteiger partial charge on any atom is -0.507 e. The number of nitrogens with two attached hydrogens (primary N) is 1. The second-order valence-corrected chi connectivity index (χ2v) is 5.29. The van der Waals surface area contributed by atoms with E-state index in [0.29, 0.717) is 22.9 Å². The van der Waals surface area contributed by atoms with Crippen molar-refractivity contribution in [1.82, 2.24) is 24.1 Å². The number of aryl methyl sites for hydroxylation is 1. The second kappa shape index (κ2) is 6.64. The van der Waals surface area contributed by atoms with Gasteiger partial charge in [0.05, 0.1) is 11.9 Å². The molecule has 0 amide bonds. The molecule has 0 fully saturated rings. The van der Waals surface area contributed by atoms with Crippen LogP contribution in [0.3, 0.4) is 0 Å². The number of fused-ring (bicyclic) bond motifs is 1. The van der Waals surface area contributed by atoms with Gasteiger partial charge in [-0.25, -0.2) is 4.98 Å². The molecule has 3 aromatic heterocycles. The summed E-state index contributed by atoms with van der Waals surface area (Å²) in [6.45, 7) is 4.00. The van der Waals surface area contributed by atoms with Gasteiger partial charge in [-0.1, -0.05) is 26.0 Å². The lowest BCUT2D eigenvalue weighted by Crippen LogP contribution is -1.98. The highest BCUT2D eigenvalue weighted by molar-refractivity contribution is 5.74. The minimum atomic E-state index is 0.177. The first-order valence-corrected chi connectivity index (χ1v) is 8.04. The summed E-state index contributed by atoms with van der Waals surface area (Å²) in [4.78, 5) is 8.78. The molecular weight excluding hydrogens is 316 g/mol. The van der Waals surface area contributed by atoms with Crippen LogP contribution >= 0.6 is 0 Å². The normalized spacial score (nSPS) is 10.5. The van der Waals surface area contributed by atoms with Crippen LogP contribution in [0.1, 0.15) is 13.8 Å². The van der Waals surface area contributed by atoms with E-state index in [1.54, 1.807) is 27.4 Å². The quantitative estimate of drug-likeness (QED) is 0.586. The smallest absolute Gasteiger partial charge is 0.236 e. The van der Waals surface area contributed by atoms with Gasteiger partial charge in [0.1, 0.15) is 11.6 Å². The molecule has 7 heteroatoms. The van der Waals surface area contributed by atoms with Crippen molar-refractivity contribution in [1.29, 1.82) is 0 Å². The molecule has 128 valence electrons. The Balaban J connectivity index is 0.000000880. The van der Waals surface area contributed by atoms with Crippen molar-refractivity contribution in [3.63, 3.8) is 0 Å². The Morgan fingerprint density at radius 3 is 2.44 bits per heavy atom. The van der Waals surface area contributed by atoms with Crippen LogP contribution < -0.4 is 5.73 Å². The van der Waals surface area contributed by atoms with Gasteiger partial charge in [-0.2, -0.15) is 10.1 Å². The number of nitrogen functional groups attached to an aromatic ring is 1. The van der Waals surface area contributed by atoms with E-state index < -0.39 is 0 Å². The highest BCUT2D eigenvalue weighted by Gasteiger charge is 2.13. The number of nitrogens with zero attached hydrogens (tertiary/aromatic N) is 5. The molecule has 25 heavy (non-hydrogen) atoms. The van der Waals surface area contributed by atoms with Crippen LogP contribution in [0.25, 0.3) is 28.2 Å². The maximum atomic E-state index is 9.97. The SMILES string of the molecule is CC.Cn1cc(-c2cn3cc(-c4ccccc4O)nc3nc2N)cn1. The van der Waals surface area contributed by atoms with Crippen molar-refractivity contribution in [2.24, 2.45) is 7.05 Å². The number of benzene rings is 1. The summed E-state index contributed by atoms with van der Waals surface area (Å²) < 4.78 is 3.50. The van der Waals surface area contributed by atoms with Gasteiger partial charge in [0.2, 0.25) is 5.78 Å². The fourth-order valence-electron chi connectivity index (χ4n) is 2.54. The lowest BCUT2D eigenvalue weighted by Gasteiger charge is -2.02. The number of para-hydroxylation sites is 1. The van der Waals surface area contributed by atoms with Crippen LogP contribution in [0, 0.1) is 0 Å². The van der Waals surface area contributed by atoms with Crippen molar-refractivity contribution in [2.45, 2.75) is 13.8 Å². The van der Waals surface area contributed by atoms with Crippen molar-refractivity contribution in [3.8, 4) is 28.1 Å².